The van der Waals surface area contributed by atoms with Crippen LogP contribution in [0.5, 0.6) is 0 Å². The highest BCUT2D eigenvalue weighted by molar-refractivity contribution is 7.15. The van der Waals surface area contributed by atoms with Crippen molar-refractivity contribution in [3.8, 4) is 6.07 Å². The summed E-state index contributed by atoms with van der Waals surface area (Å²) in [6, 6.07) is 9.44. The van der Waals surface area contributed by atoms with Crippen LogP contribution in [0.1, 0.15) is 33.0 Å². The van der Waals surface area contributed by atoms with E-state index in [1.807, 2.05) is 17.0 Å². The Morgan fingerprint density at radius 3 is 3.24 bits per heavy atom. The van der Waals surface area contributed by atoms with E-state index in [0.717, 1.165) is 59.2 Å². The van der Waals surface area contributed by atoms with Gasteiger partial charge in [0.05, 0.1) is 30.5 Å². The Morgan fingerprint density at radius 1 is 1.48 bits per heavy atom. The first-order valence-electron chi connectivity index (χ1n) is 9.82. The lowest BCUT2D eigenvalue weighted by Gasteiger charge is -2.25. The molecule has 1 unspecified atom stereocenters. The molecule has 2 aromatic heterocycles. The minimum atomic E-state index is -0.0400. The van der Waals surface area contributed by atoms with E-state index < -0.39 is 0 Å². The number of hydrogen-bond acceptors (Lipinski definition) is 6. The van der Waals surface area contributed by atoms with Crippen LogP contribution < -0.4 is 5.32 Å². The molecule has 0 radical (unpaired) electrons. The van der Waals surface area contributed by atoms with Gasteiger partial charge in [-0.1, -0.05) is 17.4 Å². The first-order valence-corrected chi connectivity index (χ1v) is 10.6. The third-order valence-corrected chi connectivity index (χ3v) is 6.64. The van der Waals surface area contributed by atoms with Crippen LogP contribution in [-0.2, 0) is 17.7 Å². The molecule has 5 rings (SSSR count). The Bertz CT molecular complexity index is 1110. The lowest BCUT2D eigenvalue weighted by Crippen LogP contribution is -2.35. The summed E-state index contributed by atoms with van der Waals surface area (Å²) in [5, 5.41) is 14.4. The Labute approximate surface area is 172 Å². The molecule has 8 heteroatoms. The van der Waals surface area contributed by atoms with Gasteiger partial charge < -0.3 is 19.9 Å². The zero-order valence-electron chi connectivity index (χ0n) is 15.9. The molecular formula is C21H21N5O2S. The third kappa shape index (κ3) is 3.48. The molecule has 2 N–H and O–H groups in total. The van der Waals surface area contributed by atoms with Crippen molar-refractivity contribution in [2.75, 3.05) is 31.6 Å². The zero-order chi connectivity index (χ0) is 19.8. The topological polar surface area (TPSA) is 94.0 Å². The summed E-state index contributed by atoms with van der Waals surface area (Å²) in [5.41, 5.74) is 3.00. The molecule has 1 amide bonds. The number of aromatic nitrogens is 2. The van der Waals surface area contributed by atoms with E-state index in [1.165, 1.54) is 0 Å². The lowest BCUT2D eigenvalue weighted by molar-refractivity contribution is 0.0731. The predicted octanol–water partition coefficient (Wildman–Crippen LogP) is 3.14. The quantitative estimate of drug-likeness (QED) is 0.693. The fourth-order valence-corrected chi connectivity index (χ4v) is 4.99. The predicted molar refractivity (Wildman–Crippen MR) is 111 cm³/mol. The van der Waals surface area contributed by atoms with Gasteiger partial charge in [0.25, 0.3) is 5.91 Å². The number of anilines is 1. The average Bonchev–Trinajstić information content (AvgIpc) is 3.49. The molecule has 0 bridgehead atoms. The highest BCUT2D eigenvalue weighted by atomic mass is 32.1. The number of fused-ring (bicyclic) bond motifs is 2. The molecule has 1 aromatic carbocycles. The molecule has 2 aliphatic rings. The van der Waals surface area contributed by atoms with Crippen LogP contribution in [0.15, 0.2) is 24.3 Å². The maximum Gasteiger partial charge on any atom is 0.270 e. The van der Waals surface area contributed by atoms with Gasteiger partial charge in [-0.15, -0.1) is 0 Å². The van der Waals surface area contributed by atoms with Gasteiger partial charge in [0, 0.05) is 47.8 Å². The normalized spacial score (nSPS) is 18.6. The number of nitriles is 1. The number of nitrogens with one attached hydrogen (secondary N) is 2. The van der Waals surface area contributed by atoms with Crippen LogP contribution in [0.4, 0.5) is 5.13 Å². The lowest BCUT2D eigenvalue weighted by atomic mass is 10.1. The molecule has 0 saturated carbocycles. The second kappa shape index (κ2) is 7.50. The number of hydrogen-bond donors (Lipinski definition) is 2. The van der Waals surface area contributed by atoms with Crippen molar-refractivity contribution in [2.24, 2.45) is 5.92 Å². The second-order valence-corrected chi connectivity index (χ2v) is 8.62. The molecule has 29 heavy (non-hydrogen) atoms. The molecule has 4 heterocycles. The summed E-state index contributed by atoms with van der Waals surface area (Å²) in [7, 11) is 0. The highest BCUT2D eigenvalue weighted by Crippen LogP contribution is 2.30. The maximum absolute atomic E-state index is 13.1. The maximum atomic E-state index is 13.1. The Hall–Kier alpha value is -2.89. The third-order valence-electron chi connectivity index (χ3n) is 5.60. The molecule has 1 atom stereocenters. The van der Waals surface area contributed by atoms with E-state index in [9.17, 15) is 10.1 Å². The molecule has 3 aromatic rings. The van der Waals surface area contributed by atoms with Crippen molar-refractivity contribution in [3.05, 3.63) is 46.1 Å². The summed E-state index contributed by atoms with van der Waals surface area (Å²) >= 11 is 1.64. The van der Waals surface area contributed by atoms with Crippen molar-refractivity contribution in [1.82, 2.24) is 14.9 Å². The van der Waals surface area contributed by atoms with Gasteiger partial charge in [-0.2, -0.15) is 5.26 Å². The molecule has 0 spiro atoms. The first-order chi connectivity index (χ1) is 14.2. The van der Waals surface area contributed by atoms with E-state index in [1.54, 1.807) is 23.5 Å². The number of H-pyrrole nitrogens is 1. The highest BCUT2D eigenvalue weighted by Gasteiger charge is 2.26. The number of carbonyl (C=O) groups is 1. The van der Waals surface area contributed by atoms with Crippen LogP contribution >= 0.6 is 11.3 Å². The number of aromatic amines is 1. The van der Waals surface area contributed by atoms with Gasteiger partial charge in [0.2, 0.25) is 0 Å². The standard InChI is InChI=1S/C21H21N5O2S/c22-9-14-2-1-3-16-15(14)8-18(24-16)20(27)26-6-4-17-19(11-26)29-21(25-17)23-10-13-5-7-28-12-13/h1-3,8,13,24H,4-7,10-12H2,(H,23,25). The molecule has 2 aliphatic heterocycles. The van der Waals surface area contributed by atoms with Crippen LogP contribution in [0.2, 0.25) is 0 Å². The van der Waals surface area contributed by atoms with Gasteiger partial charge in [0.15, 0.2) is 5.13 Å². The fourth-order valence-electron chi connectivity index (χ4n) is 3.96. The number of benzene rings is 1. The molecule has 148 valence electrons. The van der Waals surface area contributed by atoms with Crippen molar-refractivity contribution < 1.29 is 9.53 Å². The van der Waals surface area contributed by atoms with Crippen molar-refractivity contribution in [1.29, 1.82) is 5.26 Å². The van der Waals surface area contributed by atoms with Crippen molar-refractivity contribution in [3.63, 3.8) is 0 Å². The average molecular weight is 407 g/mol. The number of nitrogens with zero attached hydrogens (tertiary/aromatic N) is 3. The van der Waals surface area contributed by atoms with Crippen LogP contribution in [0.25, 0.3) is 10.9 Å². The van der Waals surface area contributed by atoms with E-state index >= 15 is 0 Å². The number of amides is 1. The largest absolute Gasteiger partial charge is 0.381 e. The molecule has 7 nitrogen and oxygen atoms in total. The smallest absolute Gasteiger partial charge is 0.270 e. The Kier molecular flexibility index (Phi) is 4.70. The molecule has 0 aliphatic carbocycles. The summed E-state index contributed by atoms with van der Waals surface area (Å²) in [5.74, 6) is 0.510. The van der Waals surface area contributed by atoms with E-state index in [-0.39, 0.29) is 5.91 Å². The van der Waals surface area contributed by atoms with Gasteiger partial charge in [-0.3, -0.25) is 4.79 Å². The fraction of sp³-hybridized carbons (Fsp3) is 0.381. The Morgan fingerprint density at radius 2 is 2.41 bits per heavy atom. The van der Waals surface area contributed by atoms with Crippen LogP contribution in [0, 0.1) is 17.2 Å². The number of thiazole rings is 1. The van der Waals surface area contributed by atoms with Crippen molar-refractivity contribution >= 4 is 33.3 Å². The van der Waals surface area contributed by atoms with Crippen LogP contribution in [0.3, 0.4) is 0 Å². The monoisotopic (exact) mass is 407 g/mol. The minimum Gasteiger partial charge on any atom is -0.381 e. The van der Waals surface area contributed by atoms with Gasteiger partial charge in [-0.25, -0.2) is 4.98 Å². The minimum absolute atomic E-state index is 0.0400. The summed E-state index contributed by atoms with van der Waals surface area (Å²) in [6.45, 7) is 3.76. The molecule has 1 saturated heterocycles. The van der Waals surface area contributed by atoms with E-state index in [2.05, 4.69) is 16.4 Å². The summed E-state index contributed by atoms with van der Waals surface area (Å²) in [4.78, 5) is 23.9. The number of ether oxygens (including phenoxy) is 1. The molecular weight excluding hydrogens is 386 g/mol. The van der Waals surface area contributed by atoms with Gasteiger partial charge in [0.1, 0.15) is 5.69 Å². The Balaban J connectivity index is 1.30. The molecule has 1 fully saturated rings. The van der Waals surface area contributed by atoms with Crippen LogP contribution in [-0.4, -0.2) is 47.1 Å². The van der Waals surface area contributed by atoms with Gasteiger partial charge in [-0.05, 0) is 24.6 Å². The number of rotatable bonds is 4. The zero-order valence-corrected chi connectivity index (χ0v) is 16.7. The van der Waals surface area contributed by atoms with E-state index in [4.69, 9.17) is 9.72 Å². The summed E-state index contributed by atoms with van der Waals surface area (Å²) < 4.78 is 5.42. The van der Waals surface area contributed by atoms with Crippen molar-refractivity contribution in [2.45, 2.75) is 19.4 Å². The van der Waals surface area contributed by atoms with Gasteiger partial charge >= 0.3 is 0 Å². The SMILES string of the molecule is N#Cc1cccc2[nH]c(C(=O)N3CCc4nc(NCC5CCOC5)sc4C3)cc12. The van der Waals surface area contributed by atoms with E-state index in [0.29, 0.717) is 30.3 Å². The second-order valence-electron chi connectivity index (χ2n) is 7.54. The first kappa shape index (κ1) is 18.2. The number of carbonyl (C=O) groups excluding carboxylic acids is 1. The summed E-state index contributed by atoms with van der Waals surface area (Å²) in [6.07, 6.45) is 1.86.